The Morgan fingerprint density at radius 3 is 2.68 bits per heavy atom. The van der Waals surface area contributed by atoms with E-state index in [1.807, 2.05) is 12.2 Å². The number of allylic oxidation sites excluding steroid dienone is 2. The van der Waals surface area contributed by atoms with E-state index in [2.05, 4.69) is 19.2 Å². The maximum Gasteiger partial charge on any atom is 0.246 e. The molecule has 0 aromatic heterocycles. The molecule has 0 radical (unpaired) electrons. The highest BCUT2D eigenvalue weighted by atomic mass is 32.2. The van der Waals surface area contributed by atoms with E-state index in [0.717, 1.165) is 25.7 Å². The molecule has 5 aliphatic rings. The van der Waals surface area contributed by atoms with Crippen molar-refractivity contribution >= 4 is 22.6 Å². The second-order valence-electron chi connectivity index (χ2n) is 9.33. The van der Waals surface area contributed by atoms with Crippen molar-refractivity contribution in [2.75, 3.05) is 5.75 Å². The molecule has 2 N–H and O–H groups in total. The Morgan fingerprint density at radius 1 is 1.28 bits per heavy atom. The van der Waals surface area contributed by atoms with E-state index < -0.39 is 33.0 Å². The molecular weight excluding hydrogens is 338 g/mol. The summed E-state index contributed by atoms with van der Waals surface area (Å²) < 4.78 is 12.6. The lowest BCUT2D eigenvalue weighted by Gasteiger charge is -2.43. The Balaban J connectivity index is 1.56. The van der Waals surface area contributed by atoms with Crippen molar-refractivity contribution in [1.82, 2.24) is 5.32 Å². The predicted octanol–water partition coefficient (Wildman–Crippen LogP) is 1.14. The highest BCUT2D eigenvalue weighted by molar-refractivity contribution is 7.87. The third kappa shape index (κ3) is 1.58. The second kappa shape index (κ2) is 4.63. The first-order valence-corrected chi connectivity index (χ1v) is 10.7. The van der Waals surface area contributed by atoms with Gasteiger partial charge in [0.2, 0.25) is 11.8 Å². The number of hydrogen-bond donors (Lipinski definition) is 2. The zero-order valence-electron chi connectivity index (χ0n) is 14.7. The van der Waals surface area contributed by atoms with Gasteiger partial charge in [-0.05, 0) is 42.9 Å². The molecular formula is C19H25NO4S. The number of hydrogen-bond acceptors (Lipinski definition) is 4. The van der Waals surface area contributed by atoms with Crippen LogP contribution in [0.25, 0.3) is 0 Å². The molecule has 3 saturated carbocycles. The predicted molar refractivity (Wildman–Crippen MR) is 92.7 cm³/mol. The third-order valence-corrected chi connectivity index (χ3v) is 10.9. The van der Waals surface area contributed by atoms with Gasteiger partial charge in [0.1, 0.15) is 4.75 Å². The van der Waals surface area contributed by atoms with Gasteiger partial charge in [-0.1, -0.05) is 26.0 Å². The lowest BCUT2D eigenvalue weighted by Crippen LogP contribution is -2.55. The number of fused-ring (bicyclic) bond motifs is 7. The van der Waals surface area contributed by atoms with Crippen LogP contribution in [0.4, 0.5) is 0 Å². The van der Waals surface area contributed by atoms with Gasteiger partial charge in [0, 0.05) is 27.9 Å². The van der Waals surface area contributed by atoms with Gasteiger partial charge in [-0.2, -0.15) is 0 Å². The first-order valence-electron chi connectivity index (χ1n) is 9.35. The molecule has 8 atom stereocenters. The van der Waals surface area contributed by atoms with Gasteiger partial charge in [0.15, 0.2) is 0 Å². The van der Waals surface area contributed by atoms with Crippen LogP contribution in [-0.2, 0) is 20.4 Å². The molecule has 1 saturated heterocycles. The first kappa shape index (κ1) is 16.2. The molecule has 4 bridgehead atoms. The SMILES string of the molecule is CC1(C)[C@@H]2CC[C@@]1(C[S@@](=O)[C@@]13C(=O)NC(=O)[C@@H]1[C@@H]1C=C[C@H]3C1)[C@H](O)C2. The summed E-state index contributed by atoms with van der Waals surface area (Å²) in [5.74, 6) is -0.429. The van der Waals surface area contributed by atoms with Crippen molar-refractivity contribution in [3.05, 3.63) is 12.2 Å². The van der Waals surface area contributed by atoms with E-state index in [4.69, 9.17) is 0 Å². The fourth-order valence-corrected chi connectivity index (χ4v) is 9.72. The minimum Gasteiger partial charge on any atom is -0.392 e. The number of imide groups is 1. The number of amides is 2. The van der Waals surface area contributed by atoms with E-state index in [9.17, 15) is 18.9 Å². The lowest BCUT2D eigenvalue weighted by molar-refractivity contribution is -0.126. The van der Waals surface area contributed by atoms with Crippen molar-refractivity contribution in [2.45, 2.75) is 50.4 Å². The van der Waals surface area contributed by atoms with Gasteiger partial charge in [0.25, 0.3) is 0 Å². The monoisotopic (exact) mass is 363 g/mol. The molecule has 5 rings (SSSR count). The maximum atomic E-state index is 13.7. The van der Waals surface area contributed by atoms with Crippen LogP contribution in [0.5, 0.6) is 0 Å². The van der Waals surface area contributed by atoms with Crippen LogP contribution < -0.4 is 5.32 Å². The van der Waals surface area contributed by atoms with Crippen molar-refractivity contribution in [3.63, 3.8) is 0 Å². The zero-order valence-corrected chi connectivity index (χ0v) is 15.5. The quantitative estimate of drug-likeness (QED) is 0.582. The topological polar surface area (TPSA) is 83.5 Å². The molecule has 2 amide bonds. The van der Waals surface area contributed by atoms with Crippen LogP contribution in [-0.4, -0.2) is 37.7 Å². The van der Waals surface area contributed by atoms with E-state index in [1.54, 1.807) is 0 Å². The van der Waals surface area contributed by atoms with Gasteiger partial charge in [-0.25, -0.2) is 0 Å². The Morgan fingerprint density at radius 2 is 2.04 bits per heavy atom. The van der Waals surface area contributed by atoms with Gasteiger partial charge in [-0.15, -0.1) is 0 Å². The highest BCUT2D eigenvalue weighted by Crippen LogP contribution is 2.67. The van der Waals surface area contributed by atoms with Crippen LogP contribution in [0, 0.1) is 34.5 Å². The van der Waals surface area contributed by atoms with Gasteiger partial charge in [-0.3, -0.25) is 19.1 Å². The van der Waals surface area contributed by atoms with Crippen molar-refractivity contribution in [2.24, 2.45) is 34.5 Å². The Bertz CT molecular complexity index is 746. The lowest BCUT2D eigenvalue weighted by atomic mass is 9.70. The number of aliphatic hydroxyl groups is 1. The summed E-state index contributed by atoms with van der Waals surface area (Å²) >= 11 is 0. The van der Waals surface area contributed by atoms with Crippen molar-refractivity contribution < 1.29 is 18.9 Å². The van der Waals surface area contributed by atoms with E-state index in [0.29, 0.717) is 11.7 Å². The van der Waals surface area contributed by atoms with Crippen LogP contribution in [0.2, 0.25) is 0 Å². The zero-order chi connectivity index (χ0) is 17.8. The van der Waals surface area contributed by atoms with Gasteiger partial charge < -0.3 is 5.11 Å². The minimum absolute atomic E-state index is 0.0238. The van der Waals surface area contributed by atoms with E-state index in [-0.39, 0.29) is 29.1 Å². The molecule has 136 valence electrons. The summed E-state index contributed by atoms with van der Waals surface area (Å²) in [6, 6.07) is 0. The molecule has 25 heavy (non-hydrogen) atoms. The van der Waals surface area contributed by atoms with Crippen LogP contribution in [0.1, 0.15) is 39.5 Å². The summed E-state index contributed by atoms with van der Waals surface area (Å²) in [7, 11) is -1.49. The Hall–Kier alpha value is -1.01. The maximum absolute atomic E-state index is 13.7. The number of carbonyl (C=O) groups is 2. The molecule has 0 unspecified atom stereocenters. The van der Waals surface area contributed by atoms with E-state index in [1.165, 1.54) is 0 Å². The van der Waals surface area contributed by atoms with Crippen molar-refractivity contribution in [1.29, 1.82) is 0 Å². The number of nitrogens with one attached hydrogen (secondary N) is 1. The molecule has 1 heterocycles. The highest BCUT2D eigenvalue weighted by Gasteiger charge is 2.72. The molecule has 1 aliphatic heterocycles. The smallest absolute Gasteiger partial charge is 0.246 e. The normalized spacial score (nSPS) is 52.7. The van der Waals surface area contributed by atoms with E-state index >= 15 is 0 Å². The first-order chi connectivity index (χ1) is 11.7. The van der Waals surface area contributed by atoms with Crippen LogP contribution >= 0.6 is 0 Å². The molecule has 4 fully saturated rings. The van der Waals surface area contributed by atoms with Gasteiger partial charge >= 0.3 is 0 Å². The Kier molecular flexibility index (Phi) is 3.00. The number of aliphatic hydroxyl groups excluding tert-OH is 1. The summed E-state index contributed by atoms with van der Waals surface area (Å²) in [5.41, 5.74) is -0.486. The summed E-state index contributed by atoms with van der Waals surface area (Å²) in [6.45, 7) is 4.35. The fraction of sp³-hybridized carbons (Fsp3) is 0.789. The molecule has 5 nitrogen and oxygen atoms in total. The number of rotatable bonds is 3. The standard InChI is InChI=1S/C19H25NO4S/c1-17(2)11-5-6-18(17,13(21)8-11)9-25(24)19-12-4-3-10(7-12)14(19)15(22)20-16(19)23/h3-4,10-14,21H,5-9H2,1-2H3,(H,20,22,23)/t10-,11-,12+,13-,14+,18-,19-,25-/m1/s1. The average molecular weight is 363 g/mol. The largest absolute Gasteiger partial charge is 0.392 e. The Labute approximate surface area is 150 Å². The molecule has 0 aromatic carbocycles. The third-order valence-electron chi connectivity index (χ3n) is 8.59. The molecule has 6 heteroatoms. The average Bonchev–Trinajstić information content (AvgIpc) is 3.28. The van der Waals surface area contributed by atoms with Gasteiger partial charge in [0.05, 0.1) is 12.0 Å². The molecule has 0 aromatic rings. The fourth-order valence-electron chi connectivity index (χ4n) is 6.97. The second-order valence-corrected chi connectivity index (χ2v) is 11.0. The molecule has 0 spiro atoms. The summed E-state index contributed by atoms with van der Waals surface area (Å²) in [4.78, 5) is 25.2. The number of carbonyl (C=O) groups excluding carboxylic acids is 2. The summed E-state index contributed by atoms with van der Waals surface area (Å²) in [6.07, 6.45) is 6.96. The molecule has 4 aliphatic carbocycles. The van der Waals surface area contributed by atoms with Crippen molar-refractivity contribution in [3.8, 4) is 0 Å². The van der Waals surface area contributed by atoms with Crippen LogP contribution in [0.15, 0.2) is 12.2 Å². The minimum atomic E-state index is -1.49. The summed E-state index contributed by atoms with van der Waals surface area (Å²) in [5, 5.41) is 13.2. The van der Waals surface area contributed by atoms with Crippen LogP contribution in [0.3, 0.4) is 0 Å².